The van der Waals surface area contributed by atoms with E-state index in [0.29, 0.717) is 38.5 Å². The molecule has 1 aromatic heterocycles. The number of rotatable bonds is 13. The molecule has 318 valence electrons. The summed E-state index contributed by atoms with van der Waals surface area (Å²) in [6, 6.07) is 10.00. The summed E-state index contributed by atoms with van der Waals surface area (Å²) >= 11 is 0. The number of benzene rings is 2. The molecule has 2 saturated heterocycles. The van der Waals surface area contributed by atoms with Gasteiger partial charge in [-0.1, -0.05) is 100 Å². The maximum absolute atomic E-state index is 15.1. The zero-order valence-electron chi connectivity index (χ0n) is 34.3. The van der Waals surface area contributed by atoms with Gasteiger partial charge < -0.3 is 37.3 Å². The average Bonchev–Trinajstić information content (AvgIpc) is 3.91. The number of carbonyl (C=O) groups excluding carboxylic acids is 6. The van der Waals surface area contributed by atoms with Crippen molar-refractivity contribution in [2.45, 2.75) is 139 Å². The maximum atomic E-state index is 15.1. The van der Waals surface area contributed by atoms with E-state index >= 15 is 4.79 Å². The Bertz CT molecular complexity index is 1930. The zero-order valence-corrected chi connectivity index (χ0v) is 34.3. The molecule has 2 aromatic carbocycles. The predicted octanol–water partition coefficient (Wildman–Crippen LogP) is 3.36. The minimum Gasteiger partial charge on any atom is -0.361 e. The minimum atomic E-state index is -1.33. The normalized spacial score (nSPS) is 24.5. The fraction of sp³-hybridized carbons (Fsp3) is 0.556. The summed E-state index contributed by atoms with van der Waals surface area (Å²) in [7, 11) is 0. The molecule has 3 aliphatic rings. The number of nitrogens with two attached hydrogens (primary N) is 2. The molecule has 14 nitrogen and oxygen atoms in total. The van der Waals surface area contributed by atoms with Crippen LogP contribution >= 0.6 is 0 Å². The van der Waals surface area contributed by atoms with Crippen LogP contribution in [0, 0.1) is 5.92 Å². The van der Waals surface area contributed by atoms with Gasteiger partial charge in [0.2, 0.25) is 29.5 Å². The molecule has 59 heavy (non-hydrogen) atoms. The molecular formula is C45H62N8O6. The van der Waals surface area contributed by atoms with Gasteiger partial charge >= 0.3 is 0 Å². The van der Waals surface area contributed by atoms with Crippen LogP contribution in [0.4, 0.5) is 0 Å². The number of nitrogens with zero attached hydrogens (tertiary/aromatic N) is 2. The molecule has 0 bridgehead atoms. The smallest absolute Gasteiger partial charge is 0.252 e. The van der Waals surface area contributed by atoms with Crippen LogP contribution in [-0.4, -0.2) is 99.6 Å². The van der Waals surface area contributed by atoms with Crippen LogP contribution in [0.5, 0.6) is 0 Å². The summed E-state index contributed by atoms with van der Waals surface area (Å²) in [5.74, 6) is -3.50. The first-order valence-electron chi connectivity index (χ1n) is 21.7. The summed E-state index contributed by atoms with van der Waals surface area (Å²) in [4.78, 5) is 93.8. The first-order chi connectivity index (χ1) is 28.6. The largest absolute Gasteiger partial charge is 0.361 e. The van der Waals surface area contributed by atoms with Gasteiger partial charge in [0.15, 0.2) is 0 Å². The highest BCUT2D eigenvalue weighted by Gasteiger charge is 2.46. The number of H-pyrrole nitrogens is 1. The maximum Gasteiger partial charge on any atom is 0.252 e. The Hall–Kier alpha value is -5.08. The van der Waals surface area contributed by atoms with Crippen LogP contribution in [0.2, 0.25) is 0 Å². The van der Waals surface area contributed by atoms with Gasteiger partial charge in [0.25, 0.3) is 5.91 Å². The van der Waals surface area contributed by atoms with Crippen molar-refractivity contribution in [3.8, 4) is 0 Å². The van der Waals surface area contributed by atoms with Crippen LogP contribution < -0.4 is 27.4 Å². The second-order valence-electron chi connectivity index (χ2n) is 16.6. The van der Waals surface area contributed by atoms with Crippen molar-refractivity contribution in [3.05, 3.63) is 71.9 Å². The Labute approximate surface area is 346 Å². The molecule has 6 amide bonds. The van der Waals surface area contributed by atoms with Gasteiger partial charge in [-0.2, -0.15) is 0 Å². The van der Waals surface area contributed by atoms with E-state index in [-0.39, 0.29) is 44.7 Å². The molecule has 3 aromatic rings. The van der Waals surface area contributed by atoms with Crippen LogP contribution in [0.15, 0.2) is 60.8 Å². The summed E-state index contributed by atoms with van der Waals surface area (Å²) in [5.41, 5.74) is 15.0. The van der Waals surface area contributed by atoms with Gasteiger partial charge in [0.1, 0.15) is 30.2 Å². The number of nitrogens with one attached hydrogen (secondary N) is 4. The van der Waals surface area contributed by atoms with Crippen LogP contribution in [-0.2, 0) is 41.6 Å². The molecule has 1 saturated carbocycles. The second-order valence-corrected chi connectivity index (χ2v) is 16.6. The Morgan fingerprint density at radius 1 is 0.780 bits per heavy atom. The minimum absolute atomic E-state index is 0.0394. The molecule has 0 unspecified atom stereocenters. The molecule has 14 heteroatoms. The molecule has 2 aliphatic heterocycles. The number of hydrogen-bond donors (Lipinski definition) is 6. The predicted molar refractivity (Wildman–Crippen MR) is 225 cm³/mol. The van der Waals surface area contributed by atoms with E-state index in [1.165, 1.54) is 4.90 Å². The van der Waals surface area contributed by atoms with E-state index in [0.717, 1.165) is 59.0 Å². The van der Waals surface area contributed by atoms with Gasteiger partial charge in [-0.25, -0.2) is 0 Å². The molecule has 6 atom stereocenters. The topological polar surface area (TPSA) is 213 Å². The highest BCUT2D eigenvalue weighted by Crippen LogP contribution is 2.29. The Morgan fingerprint density at radius 2 is 1.47 bits per heavy atom. The number of hydrogen-bond acceptors (Lipinski definition) is 8. The third-order valence-electron chi connectivity index (χ3n) is 12.3. The number of aromatic amines is 1. The zero-order chi connectivity index (χ0) is 41.9. The van der Waals surface area contributed by atoms with E-state index in [4.69, 9.17) is 11.5 Å². The molecule has 3 fully saturated rings. The lowest BCUT2D eigenvalue weighted by Gasteiger charge is -2.37. The van der Waals surface area contributed by atoms with Gasteiger partial charge in [-0.15, -0.1) is 0 Å². The third kappa shape index (κ3) is 10.8. The first kappa shape index (κ1) is 43.5. The molecule has 8 N–H and O–H groups in total. The quantitative estimate of drug-likeness (QED) is 0.150. The first-order valence-corrected chi connectivity index (χ1v) is 21.7. The Balaban J connectivity index is 1.44. The van der Waals surface area contributed by atoms with Crippen molar-refractivity contribution in [1.29, 1.82) is 0 Å². The molecule has 0 spiro atoms. The van der Waals surface area contributed by atoms with Crippen LogP contribution in [0.25, 0.3) is 10.9 Å². The number of fused-ring (bicyclic) bond motifs is 2. The summed E-state index contributed by atoms with van der Waals surface area (Å²) < 4.78 is 0. The van der Waals surface area contributed by atoms with E-state index < -0.39 is 71.7 Å². The monoisotopic (exact) mass is 810 g/mol. The van der Waals surface area contributed by atoms with Crippen LogP contribution in [0.3, 0.4) is 0 Å². The highest BCUT2D eigenvalue weighted by atomic mass is 16.2. The lowest BCUT2D eigenvalue weighted by Crippen LogP contribution is -2.63. The lowest BCUT2D eigenvalue weighted by molar-refractivity contribution is -0.158. The van der Waals surface area contributed by atoms with E-state index in [1.807, 2.05) is 61.5 Å². The molecular weight excluding hydrogens is 749 g/mol. The van der Waals surface area contributed by atoms with Crippen molar-refractivity contribution in [3.63, 3.8) is 0 Å². The SMILES string of the molecule is CCCC[C@@H]1NC(=O)[C@H](Cc2c[nH]c3ccccc23)NC(=O)[C@@H](CC2CCCCC2)NC(=O)[C@@H]2CCCN2C(=O)[C@H](CCCN)N(C(=O)[C@@H](N)Cc2ccccc2)C1=O. The fourth-order valence-electron chi connectivity index (χ4n) is 9.08. The number of imide groups is 1. The number of carbonyl (C=O) groups is 6. The summed E-state index contributed by atoms with van der Waals surface area (Å²) in [6.07, 6.45) is 9.97. The van der Waals surface area contributed by atoms with Gasteiger partial charge in [0.05, 0.1) is 6.04 Å². The number of unbranched alkanes of at least 4 members (excludes halogenated alkanes) is 1. The molecule has 6 rings (SSSR count). The van der Waals surface area contributed by atoms with Crippen molar-refractivity contribution in [1.82, 2.24) is 30.7 Å². The van der Waals surface area contributed by atoms with Crippen molar-refractivity contribution >= 4 is 46.3 Å². The number of aromatic nitrogens is 1. The average molecular weight is 811 g/mol. The van der Waals surface area contributed by atoms with E-state index in [2.05, 4.69) is 20.9 Å². The second kappa shape index (κ2) is 20.7. The fourth-order valence-corrected chi connectivity index (χ4v) is 9.08. The van der Waals surface area contributed by atoms with Crippen molar-refractivity contribution in [2.75, 3.05) is 13.1 Å². The standard InChI is InChI=1S/C45H62N8O6/c1-2-3-19-35-44(58)53(43(57)33(47)25-29-14-6-4-7-15-29)39(21-12-23-46)45(59)52-24-13-22-38(52)42(56)51-36(26-30-16-8-5-9-17-30)40(54)50-37(41(55)49-35)27-31-28-48-34-20-11-10-18-32(31)34/h4,6-7,10-11,14-15,18,20,28,30,33,35-39,48H,2-3,5,8-9,12-13,16-17,19,21-27,46-47H2,1H3,(H,49,55)(H,50,54)(H,51,56)/t33-,35-,36+,37-,38-,39-/m0/s1. The number of para-hydroxylation sites is 1. The highest BCUT2D eigenvalue weighted by molar-refractivity contribution is 6.06. The van der Waals surface area contributed by atoms with Gasteiger partial charge in [0, 0.05) is 30.1 Å². The third-order valence-corrected chi connectivity index (χ3v) is 12.3. The van der Waals surface area contributed by atoms with Crippen molar-refractivity contribution in [2.24, 2.45) is 17.4 Å². The van der Waals surface area contributed by atoms with Gasteiger partial charge in [-0.05, 0) is 74.6 Å². The van der Waals surface area contributed by atoms with Gasteiger partial charge in [-0.3, -0.25) is 33.7 Å². The summed E-state index contributed by atoms with van der Waals surface area (Å²) in [6.45, 7) is 2.36. The molecule has 0 radical (unpaired) electrons. The number of amides is 6. The van der Waals surface area contributed by atoms with E-state index in [1.54, 1.807) is 6.20 Å². The van der Waals surface area contributed by atoms with Crippen LogP contribution in [0.1, 0.15) is 102 Å². The lowest BCUT2D eigenvalue weighted by atomic mass is 9.84. The van der Waals surface area contributed by atoms with E-state index in [9.17, 15) is 24.0 Å². The molecule has 3 heterocycles. The summed E-state index contributed by atoms with van der Waals surface area (Å²) in [5, 5.41) is 9.81. The van der Waals surface area contributed by atoms with Crippen molar-refractivity contribution < 1.29 is 28.8 Å². The molecule has 1 aliphatic carbocycles. The Kier molecular flexibility index (Phi) is 15.3. The Morgan fingerprint density at radius 3 is 2.22 bits per heavy atom.